The fourth-order valence-corrected chi connectivity index (χ4v) is 1.30. The van der Waals surface area contributed by atoms with Gasteiger partial charge in [-0.05, 0) is 0 Å². The summed E-state index contributed by atoms with van der Waals surface area (Å²) in [4.78, 5) is 7.85. The van der Waals surface area contributed by atoms with Crippen LogP contribution >= 0.6 is 0 Å². The van der Waals surface area contributed by atoms with E-state index in [2.05, 4.69) is 25.5 Å². The molecule has 0 unspecified atom stereocenters. The van der Waals surface area contributed by atoms with Crippen LogP contribution in [-0.2, 0) is 13.5 Å². The molecule has 0 aliphatic rings. The molecule has 0 amide bonds. The number of nitrogen functional groups attached to an aromatic ring is 1. The van der Waals surface area contributed by atoms with Crippen molar-refractivity contribution in [1.82, 2.24) is 24.7 Å². The molecule has 2 rings (SSSR count). The highest BCUT2D eigenvalue weighted by Gasteiger charge is 2.00. The highest BCUT2D eigenvalue weighted by Crippen LogP contribution is 2.04. The molecule has 3 N–H and O–H groups in total. The molecule has 0 saturated carbocycles. The average molecular weight is 219 g/mol. The van der Waals surface area contributed by atoms with Crippen molar-refractivity contribution < 1.29 is 0 Å². The zero-order chi connectivity index (χ0) is 11.4. The summed E-state index contributed by atoms with van der Waals surface area (Å²) in [6.07, 6.45) is 3.89. The van der Waals surface area contributed by atoms with Crippen LogP contribution in [0.5, 0.6) is 0 Å². The van der Waals surface area contributed by atoms with Crippen molar-refractivity contribution in [3.05, 3.63) is 24.5 Å². The Morgan fingerprint density at radius 2 is 2.31 bits per heavy atom. The molecule has 0 atom stereocenters. The Balaban J connectivity index is 1.87. The van der Waals surface area contributed by atoms with Crippen LogP contribution in [0.25, 0.3) is 0 Å². The van der Waals surface area contributed by atoms with Gasteiger partial charge in [0.05, 0.1) is 0 Å². The lowest BCUT2D eigenvalue weighted by atomic mass is 10.4. The van der Waals surface area contributed by atoms with E-state index in [1.165, 1.54) is 6.33 Å². The van der Waals surface area contributed by atoms with E-state index in [0.29, 0.717) is 5.82 Å². The first-order valence-corrected chi connectivity index (χ1v) is 4.90. The maximum Gasteiger partial charge on any atom is 0.134 e. The van der Waals surface area contributed by atoms with Gasteiger partial charge in [0, 0.05) is 26.1 Å². The van der Waals surface area contributed by atoms with Crippen LogP contribution in [0.4, 0.5) is 11.6 Å². The predicted molar refractivity (Wildman–Crippen MR) is 59.6 cm³/mol. The SMILES string of the molecule is Cn1cnnc1CCNc1cc(N)ncn1. The highest BCUT2D eigenvalue weighted by atomic mass is 15.2. The second-order valence-electron chi connectivity index (χ2n) is 3.36. The molecule has 0 radical (unpaired) electrons. The normalized spacial score (nSPS) is 10.3. The molecule has 7 nitrogen and oxygen atoms in total. The molecule has 2 aromatic rings. The van der Waals surface area contributed by atoms with Gasteiger partial charge in [0.2, 0.25) is 0 Å². The van der Waals surface area contributed by atoms with Crippen molar-refractivity contribution in [1.29, 1.82) is 0 Å². The van der Waals surface area contributed by atoms with Crippen LogP contribution in [0.2, 0.25) is 0 Å². The molecule has 84 valence electrons. The first kappa shape index (κ1) is 10.3. The number of nitrogens with two attached hydrogens (primary N) is 1. The monoisotopic (exact) mass is 219 g/mol. The lowest BCUT2D eigenvalue weighted by molar-refractivity contribution is 0.787. The van der Waals surface area contributed by atoms with Crippen LogP contribution in [-0.4, -0.2) is 31.3 Å². The Labute approximate surface area is 92.7 Å². The summed E-state index contributed by atoms with van der Waals surface area (Å²) in [5, 5.41) is 10.9. The number of nitrogens with one attached hydrogen (secondary N) is 1. The van der Waals surface area contributed by atoms with Gasteiger partial charge in [-0.15, -0.1) is 10.2 Å². The molecule has 0 aliphatic carbocycles. The van der Waals surface area contributed by atoms with E-state index in [9.17, 15) is 0 Å². The molecule has 0 bridgehead atoms. The van der Waals surface area contributed by atoms with Crippen molar-refractivity contribution in [2.75, 3.05) is 17.6 Å². The molecule has 0 aromatic carbocycles. The molecular weight excluding hydrogens is 206 g/mol. The van der Waals surface area contributed by atoms with E-state index in [1.54, 1.807) is 12.4 Å². The smallest absolute Gasteiger partial charge is 0.134 e. The quantitative estimate of drug-likeness (QED) is 0.742. The molecule has 2 aromatic heterocycles. The minimum atomic E-state index is 0.455. The van der Waals surface area contributed by atoms with Crippen LogP contribution in [0.3, 0.4) is 0 Å². The van der Waals surface area contributed by atoms with Crippen molar-refractivity contribution in [3.8, 4) is 0 Å². The minimum Gasteiger partial charge on any atom is -0.384 e. The summed E-state index contributed by atoms with van der Waals surface area (Å²) < 4.78 is 1.88. The van der Waals surface area contributed by atoms with Gasteiger partial charge in [-0.3, -0.25) is 0 Å². The molecule has 7 heteroatoms. The van der Waals surface area contributed by atoms with Gasteiger partial charge in [0.1, 0.15) is 30.1 Å². The Hall–Kier alpha value is -2.18. The Morgan fingerprint density at radius 1 is 1.44 bits per heavy atom. The van der Waals surface area contributed by atoms with E-state index >= 15 is 0 Å². The van der Waals surface area contributed by atoms with Crippen LogP contribution < -0.4 is 11.1 Å². The zero-order valence-corrected chi connectivity index (χ0v) is 8.96. The van der Waals surface area contributed by atoms with Crippen LogP contribution in [0.15, 0.2) is 18.7 Å². The fourth-order valence-electron chi connectivity index (χ4n) is 1.30. The third-order valence-electron chi connectivity index (χ3n) is 2.15. The first-order valence-electron chi connectivity index (χ1n) is 4.90. The van der Waals surface area contributed by atoms with Gasteiger partial charge in [-0.1, -0.05) is 0 Å². The summed E-state index contributed by atoms with van der Waals surface area (Å²) in [6.45, 7) is 0.725. The third kappa shape index (κ3) is 2.44. The van der Waals surface area contributed by atoms with Crippen molar-refractivity contribution >= 4 is 11.6 Å². The maximum absolute atomic E-state index is 5.53. The highest BCUT2D eigenvalue weighted by molar-refractivity contribution is 5.43. The van der Waals surface area contributed by atoms with Gasteiger partial charge in [0.15, 0.2) is 0 Å². The van der Waals surface area contributed by atoms with Crippen LogP contribution in [0, 0.1) is 0 Å². The topological polar surface area (TPSA) is 94.5 Å². The fraction of sp³-hybridized carbons (Fsp3) is 0.333. The second-order valence-corrected chi connectivity index (χ2v) is 3.36. The zero-order valence-electron chi connectivity index (χ0n) is 8.96. The molecular formula is C9H13N7. The van der Waals surface area contributed by atoms with Crippen LogP contribution in [0.1, 0.15) is 5.82 Å². The number of rotatable bonds is 4. The minimum absolute atomic E-state index is 0.455. The number of aryl methyl sites for hydroxylation is 1. The van der Waals surface area contributed by atoms with Crippen molar-refractivity contribution in [3.63, 3.8) is 0 Å². The summed E-state index contributed by atoms with van der Waals surface area (Å²) in [5.74, 6) is 2.10. The molecule has 0 saturated heterocycles. The summed E-state index contributed by atoms with van der Waals surface area (Å²) in [5.41, 5.74) is 5.53. The van der Waals surface area contributed by atoms with Gasteiger partial charge in [0.25, 0.3) is 0 Å². The standard InChI is InChI=1S/C9H13N7/c1-16-6-14-15-9(16)2-3-11-8-4-7(10)12-5-13-8/h4-6H,2-3H2,1H3,(H3,10,11,12,13). The van der Waals surface area contributed by atoms with E-state index in [0.717, 1.165) is 24.6 Å². The molecule has 0 fully saturated rings. The number of hydrogen-bond acceptors (Lipinski definition) is 6. The third-order valence-corrected chi connectivity index (χ3v) is 2.15. The Kier molecular flexibility index (Phi) is 2.95. The maximum atomic E-state index is 5.53. The van der Waals surface area contributed by atoms with E-state index in [-0.39, 0.29) is 0 Å². The number of nitrogens with zero attached hydrogens (tertiary/aromatic N) is 5. The lowest BCUT2D eigenvalue weighted by Crippen LogP contribution is -2.10. The molecule has 0 spiro atoms. The molecule has 16 heavy (non-hydrogen) atoms. The number of anilines is 2. The van der Waals surface area contributed by atoms with E-state index < -0.39 is 0 Å². The molecule has 2 heterocycles. The largest absolute Gasteiger partial charge is 0.384 e. The number of aromatic nitrogens is 5. The van der Waals surface area contributed by atoms with Gasteiger partial charge in [-0.25, -0.2) is 9.97 Å². The average Bonchev–Trinajstić information content (AvgIpc) is 2.65. The van der Waals surface area contributed by atoms with Crippen molar-refractivity contribution in [2.24, 2.45) is 7.05 Å². The summed E-state index contributed by atoms with van der Waals surface area (Å²) >= 11 is 0. The van der Waals surface area contributed by atoms with Gasteiger partial charge >= 0.3 is 0 Å². The number of hydrogen-bond donors (Lipinski definition) is 2. The second kappa shape index (κ2) is 4.56. The van der Waals surface area contributed by atoms with Gasteiger partial charge < -0.3 is 15.6 Å². The summed E-state index contributed by atoms with van der Waals surface area (Å²) in [6, 6.07) is 1.69. The van der Waals surface area contributed by atoms with E-state index in [4.69, 9.17) is 5.73 Å². The van der Waals surface area contributed by atoms with Crippen molar-refractivity contribution in [2.45, 2.75) is 6.42 Å². The Morgan fingerprint density at radius 3 is 3.00 bits per heavy atom. The summed E-state index contributed by atoms with van der Waals surface area (Å²) in [7, 11) is 1.91. The van der Waals surface area contributed by atoms with Gasteiger partial charge in [-0.2, -0.15) is 0 Å². The molecule has 0 aliphatic heterocycles. The van der Waals surface area contributed by atoms with E-state index in [1.807, 2.05) is 11.6 Å². The Bertz CT molecular complexity index is 464. The predicted octanol–water partition coefficient (Wildman–Crippen LogP) is -0.158. The lowest BCUT2D eigenvalue weighted by Gasteiger charge is -2.04. The first-order chi connectivity index (χ1) is 7.75.